The molecule has 0 aromatic heterocycles. The van der Waals surface area contributed by atoms with Crippen LogP contribution in [-0.4, -0.2) is 43.2 Å². The summed E-state index contributed by atoms with van der Waals surface area (Å²) in [5.41, 5.74) is 4.60. The first-order chi connectivity index (χ1) is 13.7. The van der Waals surface area contributed by atoms with E-state index in [4.69, 9.17) is 9.47 Å². The van der Waals surface area contributed by atoms with E-state index < -0.39 is 6.09 Å². The van der Waals surface area contributed by atoms with Gasteiger partial charge in [0.05, 0.1) is 6.10 Å². The number of carbonyl (C=O) groups excluding carboxylic acids is 1. The van der Waals surface area contributed by atoms with Crippen LogP contribution >= 0.6 is 0 Å². The summed E-state index contributed by atoms with van der Waals surface area (Å²) in [7, 11) is 0. The zero-order valence-electron chi connectivity index (χ0n) is 15.8. The van der Waals surface area contributed by atoms with Crippen LogP contribution in [0.15, 0.2) is 48.5 Å². The molecule has 1 amide bonds. The van der Waals surface area contributed by atoms with Gasteiger partial charge in [-0.2, -0.15) is 0 Å². The fourth-order valence-electron chi connectivity index (χ4n) is 5.18. The van der Waals surface area contributed by atoms with Gasteiger partial charge in [-0.05, 0) is 41.5 Å². The Bertz CT molecular complexity index is 844. The maximum absolute atomic E-state index is 12.5. The van der Waals surface area contributed by atoms with Crippen LogP contribution in [0.2, 0.25) is 0 Å². The summed E-state index contributed by atoms with van der Waals surface area (Å²) in [6.07, 6.45) is 1.38. The standard InChI is InChI=1S/C23H25NO4/c25-21-13-20(23(21)9-11-27-12-10-23)24-22(26)28-14-19-17-7-3-1-5-15(17)16-6-2-4-8-18(16)19/h1-8,19-21,25H,9-14H2,(H,24,26). The predicted molar refractivity (Wildman–Crippen MR) is 105 cm³/mol. The van der Waals surface area contributed by atoms with Crippen molar-refractivity contribution in [2.24, 2.45) is 5.41 Å². The third kappa shape index (κ3) is 2.73. The van der Waals surface area contributed by atoms with Gasteiger partial charge in [-0.1, -0.05) is 48.5 Å². The van der Waals surface area contributed by atoms with Gasteiger partial charge in [0.2, 0.25) is 0 Å². The molecule has 0 radical (unpaired) electrons. The molecule has 0 bridgehead atoms. The lowest BCUT2D eigenvalue weighted by atomic mass is 9.58. The SMILES string of the molecule is O=C(NC1CC(O)C12CCOCC2)OCC1c2ccccc2-c2ccccc21. The van der Waals surface area contributed by atoms with Crippen molar-refractivity contribution < 1.29 is 19.4 Å². The molecule has 5 nitrogen and oxygen atoms in total. The number of aliphatic hydroxyl groups is 1. The lowest BCUT2D eigenvalue weighted by molar-refractivity contribution is -0.146. The van der Waals surface area contributed by atoms with Crippen molar-refractivity contribution >= 4 is 6.09 Å². The summed E-state index contributed by atoms with van der Waals surface area (Å²) >= 11 is 0. The van der Waals surface area contributed by atoms with Crippen LogP contribution in [0.4, 0.5) is 4.79 Å². The van der Waals surface area contributed by atoms with E-state index in [1.54, 1.807) is 0 Å². The zero-order valence-corrected chi connectivity index (χ0v) is 15.8. The minimum absolute atomic E-state index is 0.0398. The van der Waals surface area contributed by atoms with Crippen LogP contribution in [0.5, 0.6) is 0 Å². The van der Waals surface area contributed by atoms with Gasteiger partial charge >= 0.3 is 6.09 Å². The second kappa shape index (κ2) is 6.90. The van der Waals surface area contributed by atoms with Crippen molar-refractivity contribution in [3.63, 3.8) is 0 Å². The molecular weight excluding hydrogens is 354 g/mol. The van der Waals surface area contributed by atoms with Crippen LogP contribution < -0.4 is 5.32 Å². The number of hydrogen-bond acceptors (Lipinski definition) is 4. The van der Waals surface area contributed by atoms with Gasteiger partial charge in [0.25, 0.3) is 0 Å². The summed E-state index contributed by atoms with van der Waals surface area (Å²) in [5, 5.41) is 13.3. The quantitative estimate of drug-likeness (QED) is 0.857. The highest BCUT2D eigenvalue weighted by atomic mass is 16.5. The number of carbonyl (C=O) groups is 1. The summed E-state index contributed by atoms with van der Waals surface area (Å²) in [4.78, 5) is 12.5. The number of ether oxygens (including phenoxy) is 2. The molecule has 3 aliphatic rings. The molecule has 1 saturated carbocycles. The van der Waals surface area contributed by atoms with Crippen LogP contribution in [0, 0.1) is 5.41 Å². The van der Waals surface area contributed by atoms with Crippen LogP contribution in [0.3, 0.4) is 0 Å². The normalized spacial score (nSPS) is 24.9. The highest BCUT2D eigenvalue weighted by Crippen LogP contribution is 2.49. The molecule has 5 rings (SSSR count). The van der Waals surface area contributed by atoms with Gasteiger partial charge in [0.1, 0.15) is 6.61 Å². The van der Waals surface area contributed by atoms with Crippen molar-refractivity contribution in [3.8, 4) is 11.1 Å². The molecule has 2 aromatic rings. The van der Waals surface area contributed by atoms with E-state index in [0.717, 1.165) is 12.8 Å². The average Bonchev–Trinajstić information content (AvgIpc) is 3.06. The molecule has 2 aromatic carbocycles. The Balaban J connectivity index is 1.26. The summed E-state index contributed by atoms with van der Waals surface area (Å²) < 4.78 is 11.1. The van der Waals surface area contributed by atoms with E-state index in [1.165, 1.54) is 22.3 Å². The monoisotopic (exact) mass is 379 g/mol. The predicted octanol–water partition coefficient (Wildman–Crippen LogP) is 3.46. The number of nitrogens with one attached hydrogen (secondary N) is 1. The lowest BCUT2D eigenvalue weighted by Crippen LogP contribution is -2.65. The molecule has 5 heteroatoms. The molecule has 28 heavy (non-hydrogen) atoms. The van der Waals surface area contributed by atoms with Crippen molar-refractivity contribution in [3.05, 3.63) is 59.7 Å². The number of alkyl carbamates (subject to hydrolysis) is 1. The minimum Gasteiger partial charge on any atom is -0.449 e. The van der Waals surface area contributed by atoms with Gasteiger partial charge in [-0.3, -0.25) is 0 Å². The average molecular weight is 379 g/mol. The lowest BCUT2D eigenvalue weighted by Gasteiger charge is -2.55. The molecule has 2 unspecified atom stereocenters. The van der Waals surface area contributed by atoms with E-state index in [1.807, 2.05) is 24.3 Å². The van der Waals surface area contributed by atoms with Crippen LogP contribution in [0.1, 0.15) is 36.3 Å². The summed E-state index contributed by atoms with van der Waals surface area (Å²) in [6.45, 7) is 1.59. The van der Waals surface area contributed by atoms with E-state index in [-0.39, 0.29) is 23.5 Å². The van der Waals surface area contributed by atoms with Gasteiger partial charge in [0.15, 0.2) is 0 Å². The summed E-state index contributed by atoms with van der Waals surface area (Å²) in [6, 6.07) is 16.6. The van der Waals surface area contributed by atoms with Crippen molar-refractivity contribution in [1.82, 2.24) is 5.32 Å². The van der Waals surface area contributed by atoms with Gasteiger partial charge in [0, 0.05) is 30.6 Å². The Morgan fingerprint density at radius 3 is 2.29 bits per heavy atom. The molecule has 1 aliphatic heterocycles. The second-order valence-corrected chi connectivity index (χ2v) is 8.12. The summed E-state index contributed by atoms with van der Waals surface area (Å²) in [5.74, 6) is 0.0576. The van der Waals surface area contributed by atoms with E-state index in [2.05, 4.69) is 29.6 Å². The zero-order chi connectivity index (χ0) is 19.1. The maximum Gasteiger partial charge on any atom is 0.407 e. The Labute approximate surface area is 164 Å². The molecular formula is C23H25NO4. The molecule has 1 saturated heterocycles. The van der Waals surface area contributed by atoms with Gasteiger partial charge in [-0.25, -0.2) is 4.79 Å². The molecule has 2 aliphatic carbocycles. The Morgan fingerprint density at radius 2 is 1.68 bits per heavy atom. The molecule has 2 N–H and O–H groups in total. The maximum atomic E-state index is 12.5. The topological polar surface area (TPSA) is 67.8 Å². The Hall–Kier alpha value is -2.37. The fourth-order valence-corrected chi connectivity index (χ4v) is 5.18. The second-order valence-electron chi connectivity index (χ2n) is 8.12. The first kappa shape index (κ1) is 17.7. The highest BCUT2D eigenvalue weighted by molar-refractivity contribution is 5.79. The Morgan fingerprint density at radius 1 is 1.07 bits per heavy atom. The number of rotatable bonds is 3. The first-order valence-electron chi connectivity index (χ1n) is 10.1. The van der Waals surface area contributed by atoms with Gasteiger partial charge in [-0.15, -0.1) is 0 Å². The van der Waals surface area contributed by atoms with Crippen molar-refractivity contribution in [2.45, 2.75) is 37.3 Å². The fraction of sp³-hybridized carbons (Fsp3) is 0.435. The number of benzene rings is 2. The number of amides is 1. The largest absolute Gasteiger partial charge is 0.449 e. The number of hydrogen-bond donors (Lipinski definition) is 2. The molecule has 2 fully saturated rings. The third-order valence-corrected chi connectivity index (χ3v) is 6.88. The van der Waals surface area contributed by atoms with Gasteiger partial charge < -0.3 is 19.9 Å². The molecule has 1 heterocycles. The smallest absolute Gasteiger partial charge is 0.407 e. The minimum atomic E-state index is -0.398. The highest BCUT2D eigenvalue weighted by Gasteiger charge is 2.55. The van der Waals surface area contributed by atoms with Crippen LogP contribution in [-0.2, 0) is 9.47 Å². The van der Waals surface area contributed by atoms with Crippen LogP contribution in [0.25, 0.3) is 11.1 Å². The van der Waals surface area contributed by atoms with E-state index in [9.17, 15) is 9.90 Å². The number of aliphatic hydroxyl groups excluding tert-OH is 1. The van der Waals surface area contributed by atoms with E-state index in [0.29, 0.717) is 26.2 Å². The van der Waals surface area contributed by atoms with Crippen molar-refractivity contribution in [1.29, 1.82) is 0 Å². The first-order valence-corrected chi connectivity index (χ1v) is 10.1. The molecule has 146 valence electrons. The Kier molecular flexibility index (Phi) is 4.37. The molecule has 1 spiro atoms. The van der Waals surface area contributed by atoms with Crippen molar-refractivity contribution in [2.75, 3.05) is 19.8 Å². The third-order valence-electron chi connectivity index (χ3n) is 6.88. The number of fused-ring (bicyclic) bond motifs is 3. The van der Waals surface area contributed by atoms with E-state index >= 15 is 0 Å². The molecule has 2 atom stereocenters.